The third-order valence-corrected chi connectivity index (χ3v) is 5.43. The lowest BCUT2D eigenvalue weighted by Gasteiger charge is -2.20. The first-order chi connectivity index (χ1) is 12.1. The molecule has 0 saturated heterocycles. The Labute approximate surface area is 149 Å². The summed E-state index contributed by atoms with van der Waals surface area (Å²) in [5.74, 6) is -0.503. The van der Waals surface area contributed by atoms with Gasteiger partial charge in [0.25, 0.3) is 11.8 Å². The van der Waals surface area contributed by atoms with E-state index in [0.717, 1.165) is 21.8 Å². The molecule has 4 nitrogen and oxygen atoms in total. The van der Waals surface area contributed by atoms with E-state index in [1.165, 1.54) is 16.2 Å². The zero-order valence-corrected chi connectivity index (χ0v) is 14.7. The van der Waals surface area contributed by atoms with Gasteiger partial charge in [0.15, 0.2) is 0 Å². The van der Waals surface area contributed by atoms with Crippen LogP contribution in [0.2, 0.25) is 0 Å². The molecule has 5 heteroatoms. The number of carbonyl (C=O) groups is 2. The molecular weight excluding hydrogens is 332 g/mol. The molecule has 0 unspecified atom stereocenters. The molecule has 2 aromatic carbocycles. The van der Waals surface area contributed by atoms with Crippen molar-refractivity contribution in [2.45, 2.75) is 19.9 Å². The monoisotopic (exact) mass is 348 g/mol. The van der Waals surface area contributed by atoms with Crippen LogP contribution in [0, 0.1) is 6.92 Å². The van der Waals surface area contributed by atoms with Gasteiger partial charge in [-0.05, 0) is 31.5 Å². The van der Waals surface area contributed by atoms with Gasteiger partial charge in [-0.2, -0.15) is 0 Å². The molecule has 0 aliphatic carbocycles. The van der Waals surface area contributed by atoms with Crippen LogP contribution in [-0.4, -0.2) is 21.7 Å². The molecule has 0 radical (unpaired) electrons. The Bertz CT molecular complexity index is 958. The number of rotatable bonds is 3. The molecule has 2 amide bonds. The average molecular weight is 348 g/mol. The Kier molecular flexibility index (Phi) is 3.73. The van der Waals surface area contributed by atoms with Gasteiger partial charge in [0.1, 0.15) is 5.01 Å². The van der Waals surface area contributed by atoms with Crippen LogP contribution in [0.15, 0.2) is 53.9 Å². The Morgan fingerprint density at radius 3 is 2.08 bits per heavy atom. The summed E-state index contributed by atoms with van der Waals surface area (Å²) in [7, 11) is 0. The standard InChI is InChI=1S/C20H16N2O2S/c1-12-7-3-4-8-14(12)18-21-17(11-25-18)13(2)22-19(23)15-9-5-6-10-16(15)20(22)24/h3-11,13H,1-2H3/t13-/m1/s1. The van der Waals surface area contributed by atoms with E-state index in [1.807, 2.05) is 43.5 Å². The fraction of sp³-hybridized carbons (Fsp3) is 0.150. The van der Waals surface area contributed by atoms with Gasteiger partial charge in [-0.3, -0.25) is 14.5 Å². The van der Waals surface area contributed by atoms with Gasteiger partial charge < -0.3 is 0 Å². The molecule has 1 aliphatic heterocycles. The minimum Gasteiger partial charge on any atom is -0.269 e. The number of thiazole rings is 1. The molecule has 3 aromatic rings. The summed E-state index contributed by atoms with van der Waals surface area (Å²) in [6.07, 6.45) is 0. The van der Waals surface area contributed by atoms with Gasteiger partial charge in [-0.25, -0.2) is 4.98 Å². The maximum absolute atomic E-state index is 12.6. The van der Waals surface area contributed by atoms with Gasteiger partial charge in [-0.1, -0.05) is 36.4 Å². The molecule has 4 rings (SSSR count). The van der Waals surface area contributed by atoms with Crippen LogP contribution in [0.5, 0.6) is 0 Å². The number of aromatic nitrogens is 1. The van der Waals surface area contributed by atoms with Crippen molar-refractivity contribution in [3.05, 3.63) is 76.3 Å². The summed E-state index contributed by atoms with van der Waals surface area (Å²) in [5.41, 5.74) is 3.89. The highest BCUT2D eigenvalue weighted by Gasteiger charge is 2.39. The zero-order chi connectivity index (χ0) is 17.6. The Balaban J connectivity index is 1.67. The quantitative estimate of drug-likeness (QED) is 0.656. The second kappa shape index (κ2) is 5.93. The number of fused-ring (bicyclic) bond motifs is 1. The molecule has 2 heterocycles. The maximum atomic E-state index is 12.6. The van der Waals surface area contributed by atoms with E-state index in [2.05, 4.69) is 4.98 Å². The number of aryl methyl sites for hydroxylation is 1. The summed E-state index contributed by atoms with van der Waals surface area (Å²) < 4.78 is 0. The lowest BCUT2D eigenvalue weighted by molar-refractivity contribution is 0.0592. The van der Waals surface area contributed by atoms with Gasteiger partial charge >= 0.3 is 0 Å². The smallest absolute Gasteiger partial charge is 0.262 e. The van der Waals surface area contributed by atoms with Crippen molar-refractivity contribution in [2.75, 3.05) is 0 Å². The fourth-order valence-electron chi connectivity index (χ4n) is 3.11. The van der Waals surface area contributed by atoms with Crippen LogP contribution in [0.25, 0.3) is 10.6 Å². The first-order valence-electron chi connectivity index (χ1n) is 8.06. The van der Waals surface area contributed by atoms with Crippen molar-refractivity contribution in [1.29, 1.82) is 0 Å². The van der Waals surface area contributed by atoms with E-state index < -0.39 is 6.04 Å². The van der Waals surface area contributed by atoms with Crippen molar-refractivity contribution in [1.82, 2.24) is 9.88 Å². The summed E-state index contributed by atoms with van der Waals surface area (Å²) >= 11 is 1.53. The topological polar surface area (TPSA) is 50.3 Å². The number of amides is 2. The highest BCUT2D eigenvalue weighted by molar-refractivity contribution is 7.13. The van der Waals surface area contributed by atoms with Gasteiger partial charge in [-0.15, -0.1) is 11.3 Å². The van der Waals surface area contributed by atoms with Crippen LogP contribution >= 0.6 is 11.3 Å². The second-order valence-electron chi connectivity index (χ2n) is 6.09. The normalized spacial score (nSPS) is 14.7. The molecule has 0 N–H and O–H groups in total. The van der Waals surface area contributed by atoms with Crippen LogP contribution in [-0.2, 0) is 0 Å². The third kappa shape index (κ3) is 2.48. The third-order valence-electron chi connectivity index (χ3n) is 4.54. The average Bonchev–Trinajstić information content (AvgIpc) is 3.20. The van der Waals surface area contributed by atoms with Gasteiger partial charge in [0, 0.05) is 10.9 Å². The van der Waals surface area contributed by atoms with E-state index in [0.29, 0.717) is 11.1 Å². The first-order valence-corrected chi connectivity index (χ1v) is 8.94. The number of hydrogen-bond donors (Lipinski definition) is 0. The van der Waals surface area contributed by atoms with Crippen LogP contribution in [0.4, 0.5) is 0 Å². The van der Waals surface area contributed by atoms with Crippen molar-refractivity contribution in [3.8, 4) is 10.6 Å². The molecule has 1 aliphatic rings. The van der Waals surface area contributed by atoms with Crippen molar-refractivity contribution in [3.63, 3.8) is 0 Å². The fourth-order valence-corrected chi connectivity index (χ4v) is 4.10. The van der Waals surface area contributed by atoms with Crippen LogP contribution in [0.1, 0.15) is 44.9 Å². The summed E-state index contributed by atoms with van der Waals surface area (Å²) in [4.78, 5) is 31.3. The second-order valence-corrected chi connectivity index (χ2v) is 6.95. The zero-order valence-electron chi connectivity index (χ0n) is 13.9. The molecule has 25 heavy (non-hydrogen) atoms. The van der Waals surface area contributed by atoms with Crippen molar-refractivity contribution < 1.29 is 9.59 Å². The Morgan fingerprint density at radius 2 is 1.48 bits per heavy atom. The molecule has 1 aromatic heterocycles. The van der Waals surface area contributed by atoms with E-state index in [1.54, 1.807) is 24.3 Å². The van der Waals surface area contributed by atoms with Gasteiger partial charge in [0.2, 0.25) is 0 Å². The lowest BCUT2D eigenvalue weighted by atomic mass is 10.1. The maximum Gasteiger partial charge on any atom is 0.262 e. The highest BCUT2D eigenvalue weighted by atomic mass is 32.1. The first kappa shape index (κ1) is 15.7. The van der Waals surface area contributed by atoms with Crippen molar-refractivity contribution in [2.24, 2.45) is 0 Å². The van der Waals surface area contributed by atoms with E-state index >= 15 is 0 Å². The summed E-state index contributed by atoms with van der Waals surface area (Å²) in [6, 6.07) is 14.6. The molecule has 0 saturated carbocycles. The van der Waals surface area contributed by atoms with Crippen molar-refractivity contribution >= 4 is 23.2 Å². The minimum atomic E-state index is -0.401. The highest BCUT2D eigenvalue weighted by Crippen LogP contribution is 2.34. The number of nitrogens with zero attached hydrogens (tertiary/aromatic N) is 2. The predicted octanol–water partition coefficient (Wildman–Crippen LogP) is 4.48. The molecule has 0 bridgehead atoms. The lowest BCUT2D eigenvalue weighted by Crippen LogP contribution is -2.32. The van der Waals surface area contributed by atoms with Crippen LogP contribution < -0.4 is 0 Å². The molecule has 1 atom stereocenters. The summed E-state index contributed by atoms with van der Waals surface area (Å²) in [5, 5.41) is 2.83. The number of imide groups is 1. The largest absolute Gasteiger partial charge is 0.269 e. The molecule has 124 valence electrons. The minimum absolute atomic E-state index is 0.251. The van der Waals surface area contributed by atoms with E-state index in [4.69, 9.17) is 0 Å². The van der Waals surface area contributed by atoms with E-state index in [9.17, 15) is 9.59 Å². The van der Waals surface area contributed by atoms with E-state index in [-0.39, 0.29) is 11.8 Å². The Morgan fingerprint density at radius 1 is 0.920 bits per heavy atom. The number of hydrogen-bond acceptors (Lipinski definition) is 4. The Hall–Kier alpha value is -2.79. The van der Waals surface area contributed by atoms with Gasteiger partial charge in [0.05, 0.1) is 22.9 Å². The molecule has 0 fully saturated rings. The molecule has 0 spiro atoms. The molecular formula is C20H16N2O2S. The SMILES string of the molecule is Cc1ccccc1-c1nc([C@@H](C)N2C(=O)c3ccccc3C2=O)cs1. The number of carbonyl (C=O) groups excluding carboxylic acids is 2. The van der Waals surface area contributed by atoms with Crippen LogP contribution in [0.3, 0.4) is 0 Å². The number of benzene rings is 2. The predicted molar refractivity (Wildman–Crippen MR) is 97.6 cm³/mol. The summed E-state index contributed by atoms with van der Waals surface area (Å²) in [6.45, 7) is 3.89.